The minimum Gasteiger partial charge on any atom is -0.481 e. The zero-order chi connectivity index (χ0) is 17.6. The molecule has 1 unspecified atom stereocenters. The van der Waals surface area contributed by atoms with E-state index >= 15 is 0 Å². The third kappa shape index (κ3) is 4.80. The quantitative estimate of drug-likeness (QED) is 0.831. The second-order valence-electron chi connectivity index (χ2n) is 5.63. The Morgan fingerprint density at radius 2 is 1.71 bits per heavy atom. The van der Waals surface area contributed by atoms with Gasteiger partial charge in [0.2, 0.25) is 0 Å². The lowest BCUT2D eigenvalue weighted by atomic mass is 10.1. The van der Waals surface area contributed by atoms with Gasteiger partial charge in [-0.05, 0) is 31.0 Å². The highest BCUT2D eigenvalue weighted by molar-refractivity contribution is 7.92. The van der Waals surface area contributed by atoms with E-state index < -0.39 is 27.5 Å². The lowest BCUT2D eigenvalue weighted by Crippen LogP contribution is -2.24. The van der Waals surface area contributed by atoms with E-state index in [9.17, 15) is 13.2 Å². The van der Waals surface area contributed by atoms with Gasteiger partial charge in [0.05, 0.1) is 16.6 Å². The van der Waals surface area contributed by atoms with Gasteiger partial charge in [0.15, 0.2) is 9.84 Å². The predicted molar refractivity (Wildman–Crippen MR) is 94.5 cm³/mol. The molecular formula is C19H20O4S. The molecule has 0 heterocycles. The van der Waals surface area contributed by atoms with Gasteiger partial charge in [0.1, 0.15) is 0 Å². The maximum Gasteiger partial charge on any atom is 0.304 e. The molecule has 2 aromatic rings. The van der Waals surface area contributed by atoms with Crippen molar-refractivity contribution < 1.29 is 18.3 Å². The van der Waals surface area contributed by atoms with Crippen LogP contribution in [-0.2, 0) is 14.6 Å². The topological polar surface area (TPSA) is 71.4 Å². The molecule has 2 aromatic carbocycles. The van der Waals surface area contributed by atoms with E-state index in [0.29, 0.717) is 0 Å². The molecule has 5 heteroatoms. The second-order valence-corrected chi connectivity index (χ2v) is 7.85. The number of hydrogen-bond acceptors (Lipinski definition) is 3. The summed E-state index contributed by atoms with van der Waals surface area (Å²) in [7, 11) is -3.70. The summed E-state index contributed by atoms with van der Waals surface area (Å²) >= 11 is 0. The lowest BCUT2D eigenvalue weighted by Gasteiger charge is -2.14. The number of hydrogen-bond donors (Lipinski definition) is 1. The number of aryl methyl sites for hydroxylation is 1. The van der Waals surface area contributed by atoms with Crippen molar-refractivity contribution in [3.05, 3.63) is 71.8 Å². The maximum absolute atomic E-state index is 12.7. The van der Waals surface area contributed by atoms with Gasteiger partial charge in [-0.25, -0.2) is 8.42 Å². The van der Waals surface area contributed by atoms with Gasteiger partial charge in [-0.15, -0.1) is 0 Å². The molecule has 0 fully saturated rings. The van der Waals surface area contributed by atoms with Crippen molar-refractivity contribution in [2.24, 2.45) is 0 Å². The highest BCUT2D eigenvalue weighted by Gasteiger charge is 2.28. The molecule has 24 heavy (non-hydrogen) atoms. The standard InChI is InChI=1S/C19H20O4S/c1-15-10-12-17(13-11-15)24(22,23)18(14-19(20)21)9-5-8-16-6-3-2-4-7-16/h2-8,10-13,18H,9,14H2,1H3,(H,20,21)/b8-5+. The molecule has 0 saturated carbocycles. The fourth-order valence-corrected chi connectivity index (χ4v) is 3.98. The van der Waals surface area contributed by atoms with Crippen LogP contribution in [0.1, 0.15) is 24.0 Å². The van der Waals surface area contributed by atoms with Crippen molar-refractivity contribution >= 4 is 21.9 Å². The van der Waals surface area contributed by atoms with Crippen LogP contribution in [-0.4, -0.2) is 24.7 Å². The van der Waals surface area contributed by atoms with Crippen molar-refractivity contribution in [1.82, 2.24) is 0 Å². The zero-order valence-electron chi connectivity index (χ0n) is 13.4. The first-order valence-corrected chi connectivity index (χ1v) is 9.18. The summed E-state index contributed by atoms with van der Waals surface area (Å²) in [5.74, 6) is -1.12. The van der Waals surface area contributed by atoms with Gasteiger partial charge < -0.3 is 5.11 Å². The molecule has 0 saturated heterocycles. The number of allylic oxidation sites excluding steroid dienone is 1. The average molecular weight is 344 g/mol. The summed E-state index contributed by atoms with van der Waals surface area (Å²) in [4.78, 5) is 11.2. The van der Waals surface area contributed by atoms with Crippen molar-refractivity contribution in [1.29, 1.82) is 0 Å². The van der Waals surface area contributed by atoms with Crippen LogP contribution >= 0.6 is 0 Å². The first kappa shape index (κ1) is 17.9. The minimum atomic E-state index is -3.70. The monoisotopic (exact) mass is 344 g/mol. The van der Waals surface area contributed by atoms with Gasteiger partial charge in [-0.3, -0.25) is 4.79 Å². The number of benzene rings is 2. The maximum atomic E-state index is 12.7. The van der Waals surface area contributed by atoms with Gasteiger partial charge in [0.25, 0.3) is 0 Å². The Balaban J connectivity index is 2.22. The number of carboxylic acids is 1. The normalized spacial score (nSPS) is 13.0. The number of carbonyl (C=O) groups is 1. The SMILES string of the molecule is Cc1ccc(S(=O)(=O)C(C/C=C/c2ccccc2)CC(=O)O)cc1. The van der Waals surface area contributed by atoms with Crippen LogP contribution in [0.2, 0.25) is 0 Å². The molecule has 1 N–H and O–H groups in total. The van der Waals surface area contributed by atoms with E-state index in [1.165, 1.54) is 12.1 Å². The number of carboxylic acid groups (broad SMARTS) is 1. The van der Waals surface area contributed by atoms with Crippen LogP contribution in [0, 0.1) is 6.92 Å². The Hall–Kier alpha value is -2.40. The molecular weight excluding hydrogens is 324 g/mol. The fourth-order valence-electron chi connectivity index (χ4n) is 2.35. The Labute approximate surface area is 142 Å². The largest absolute Gasteiger partial charge is 0.481 e. The summed E-state index contributed by atoms with van der Waals surface area (Å²) in [5.41, 5.74) is 1.90. The van der Waals surface area contributed by atoms with Gasteiger partial charge in [0, 0.05) is 0 Å². The molecule has 0 radical (unpaired) electrons. The van der Waals surface area contributed by atoms with Crippen LogP contribution in [0.5, 0.6) is 0 Å². The Morgan fingerprint density at radius 1 is 1.08 bits per heavy atom. The minimum absolute atomic E-state index is 0.150. The molecule has 0 bridgehead atoms. The zero-order valence-corrected chi connectivity index (χ0v) is 14.2. The summed E-state index contributed by atoms with van der Waals surface area (Å²) < 4.78 is 25.4. The Bertz CT molecular complexity index is 806. The van der Waals surface area contributed by atoms with E-state index in [2.05, 4.69) is 0 Å². The molecule has 0 aliphatic rings. The lowest BCUT2D eigenvalue weighted by molar-refractivity contribution is -0.137. The van der Waals surface area contributed by atoms with Crippen molar-refractivity contribution in [3.8, 4) is 0 Å². The molecule has 2 rings (SSSR count). The van der Waals surface area contributed by atoms with Gasteiger partial charge in [-0.2, -0.15) is 0 Å². The van der Waals surface area contributed by atoms with Crippen molar-refractivity contribution in [2.75, 3.05) is 0 Å². The van der Waals surface area contributed by atoms with E-state index in [1.807, 2.05) is 37.3 Å². The van der Waals surface area contributed by atoms with Crippen LogP contribution in [0.25, 0.3) is 6.08 Å². The van der Waals surface area contributed by atoms with Crippen LogP contribution < -0.4 is 0 Å². The number of sulfone groups is 1. The third-order valence-electron chi connectivity index (χ3n) is 3.70. The van der Waals surface area contributed by atoms with Crippen LogP contribution in [0.3, 0.4) is 0 Å². The van der Waals surface area contributed by atoms with E-state index in [1.54, 1.807) is 24.3 Å². The molecule has 1 atom stereocenters. The summed E-state index contributed by atoms with van der Waals surface area (Å²) in [6.07, 6.45) is 3.25. The summed E-state index contributed by atoms with van der Waals surface area (Å²) in [6, 6.07) is 15.9. The number of aliphatic carboxylic acids is 1. The predicted octanol–water partition coefficient (Wildman–Crippen LogP) is 3.72. The molecule has 126 valence electrons. The van der Waals surface area contributed by atoms with Crippen molar-refractivity contribution in [3.63, 3.8) is 0 Å². The fraction of sp³-hybridized carbons (Fsp3) is 0.211. The summed E-state index contributed by atoms with van der Waals surface area (Å²) in [5, 5.41) is 8.08. The van der Waals surface area contributed by atoms with E-state index in [0.717, 1.165) is 11.1 Å². The molecule has 0 aliphatic carbocycles. The van der Waals surface area contributed by atoms with Crippen LogP contribution in [0.15, 0.2) is 65.6 Å². The molecule has 0 amide bonds. The van der Waals surface area contributed by atoms with E-state index in [4.69, 9.17) is 5.11 Å². The first-order valence-electron chi connectivity index (χ1n) is 7.63. The Morgan fingerprint density at radius 3 is 2.29 bits per heavy atom. The van der Waals surface area contributed by atoms with Gasteiger partial charge >= 0.3 is 5.97 Å². The van der Waals surface area contributed by atoms with Gasteiger partial charge in [-0.1, -0.05) is 60.2 Å². The molecule has 4 nitrogen and oxygen atoms in total. The highest BCUT2D eigenvalue weighted by atomic mass is 32.2. The second kappa shape index (κ2) is 7.93. The summed E-state index contributed by atoms with van der Waals surface area (Å²) in [6.45, 7) is 1.87. The molecule has 0 aliphatic heterocycles. The highest BCUT2D eigenvalue weighted by Crippen LogP contribution is 2.22. The Kier molecular flexibility index (Phi) is 5.93. The molecule has 0 aromatic heterocycles. The number of rotatable bonds is 7. The smallest absolute Gasteiger partial charge is 0.304 e. The average Bonchev–Trinajstić information content (AvgIpc) is 2.55. The van der Waals surface area contributed by atoms with E-state index in [-0.39, 0.29) is 11.3 Å². The van der Waals surface area contributed by atoms with Crippen molar-refractivity contribution in [2.45, 2.75) is 29.9 Å². The first-order chi connectivity index (χ1) is 11.4. The molecule has 0 spiro atoms. The van der Waals surface area contributed by atoms with Crippen LogP contribution in [0.4, 0.5) is 0 Å². The third-order valence-corrected chi connectivity index (χ3v) is 5.87.